The molecule has 1 saturated carbocycles. The van der Waals surface area contributed by atoms with Crippen LogP contribution in [0.4, 0.5) is 11.4 Å². The quantitative estimate of drug-likeness (QED) is 0.295. The van der Waals surface area contributed by atoms with Crippen LogP contribution in [0.5, 0.6) is 0 Å². The van der Waals surface area contributed by atoms with Gasteiger partial charge in [-0.3, -0.25) is 14.5 Å². The van der Waals surface area contributed by atoms with Crippen molar-refractivity contribution in [3.05, 3.63) is 95.1 Å². The van der Waals surface area contributed by atoms with E-state index in [4.69, 9.17) is 0 Å². The van der Waals surface area contributed by atoms with Crippen LogP contribution >= 0.6 is 0 Å². The Morgan fingerprint density at radius 2 is 1.54 bits per heavy atom. The molecule has 1 heterocycles. The summed E-state index contributed by atoms with van der Waals surface area (Å²) >= 11 is 0. The van der Waals surface area contributed by atoms with Crippen LogP contribution in [0.3, 0.4) is 0 Å². The highest BCUT2D eigenvalue weighted by atomic mass is 16.2. The summed E-state index contributed by atoms with van der Waals surface area (Å²) in [7, 11) is 0. The number of nitrogens with one attached hydrogen (secondary N) is 2. The number of hydrogen-bond donors (Lipinski definition) is 2. The van der Waals surface area contributed by atoms with Gasteiger partial charge in [0.05, 0.1) is 5.56 Å². The zero-order valence-electron chi connectivity index (χ0n) is 24.4. The van der Waals surface area contributed by atoms with Crippen molar-refractivity contribution in [1.29, 1.82) is 0 Å². The average molecular weight is 553 g/mol. The minimum atomic E-state index is -0.159. The molecule has 3 aromatic carbocycles. The van der Waals surface area contributed by atoms with E-state index in [0.717, 1.165) is 83.4 Å². The van der Waals surface area contributed by atoms with Crippen LogP contribution in [0, 0.1) is 0 Å². The van der Waals surface area contributed by atoms with Gasteiger partial charge in [-0.05, 0) is 67.1 Å². The molecule has 0 aromatic heterocycles. The normalized spacial score (nSPS) is 16.4. The molecular weight excluding hydrogens is 508 g/mol. The summed E-state index contributed by atoms with van der Waals surface area (Å²) in [6.07, 6.45) is 8.95. The second kappa shape index (κ2) is 14.3. The number of amides is 2. The van der Waals surface area contributed by atoms with Crippen molar-refractivity contribution < 1.29 is 9.59 Å². The Hall–Kier alpha value is -3.64. The first-order valence-electron chi connectivity index (χ1n) is 15.5. The van der Waals surface area contributed by atoms with E-state index in [1.165, 1.54) is 17.5 Å². The largest absolute Gasteiger partial charge is 0.368 e. The molecule has 2 amide bonds. The number of anilines is 2. The summed E-state index contributed by atoms with van der Waals surface area (Å²) in [4.78, 5) is 31.5. The standard InChI is InChI=1S/C35H44N4O2/c1-2-3-10-27-15-17-29(18-16-27)34(40)37-31-19-20-33(32(25-31)35(41)36-30-13-8-5-9-14-30)39-23-21-38(22-24-39)26-28-11-6-4-7-12-28/h4,6-7,11-12,15-20,25,30H,2-3,5,8-10,13-14,21-24,26H2,1H3,(H,36,41)(H,37,40). The molecule has 2 N–H and O–H groups in total. The van der Waals surface area contributed by atoms with Crippen molar-refractivity contribution in [3.8, 4) is 0 Å². The molecule has 2 aliphatic rings. The number of unbranched alkanes of at least 4 members (excludes halogenated alkanes) is 1. The summed E-state index contributed by atoms with van der Waals surface area (Å²) < 4.78 is 0. The van der Waals surface area contributed by atoms with Gasteiger partial charge >= 0.3 is 0 Å². The van der Waals surface area contributed by atoms with Gasteiger partial charge in [0.1, 0.15) is 0 Å². The fraction of sp³-hybridized carbons (Fsp3) is 0.429. The lowest BCUT2D eigenvalue weighted by Crippen LogP contribution is -2.46. The lowest BCUT2D eigenvalue weighted by molar-refractivity contribution is 0.0927. The fourth-order valence-electron chi connectivity index (χ4n) is 5.98. The third-order valence-electron chi connectivity index (χ3n) is 8.44. The molecule has 1 saturated heterocycles. The summed E-state index contributed by atoms with van der Waals surface area (Å²) in [5.74, 6) is -0.206. The Labute approximate surface area is 245 Å². The number of rotatable bonds is 10. The first kappa shape index (κ1) is 28.9. The van der Waals surface area contributed by atoms with Crippen molar-refractivity contribution >= 4 is 23.2 Å². The summed E-state index contributed by atoms with van der Waals surface area (Å²) in [6, 6.07) is 24.4. The van der Waals surface area contributed by atoms with E-state index in [0.29, 0.717) is 16.8 Å². The first-order valence-corrected chi connectivity index (χ1v) is 15.5. The molecule has 216 valence electrons. The van der Waals surface area contributed by atoms with E-state index < -0.39 is 0 Å². The minimum Gasteiger partial charge on any atom is -0.368 e. The van der Waals surface area contributed by atoms with Gasteiger partial charge in [0, 0.05) is 55.7 Å². The van der Waals surface area contributed by atoms with Crippen molar-refractivity contribution in [2.24, 2.45) is 0 Å². The zero-order chi connectivity index (χ0) is 28.4. The van der Waals surface area contributed by atoms with E-state index in [1.807, 2.05) is 42.5 Å². The van der Waals surface area contributed by atoms with Crippen LogP contribution in [0.2, 0.25) is 0 Å². The number of carbonyl (C=O) groups excluding carboxylic acids is 2. The zero-order valence-corrected chi connectivity index (χ0v) is 24.4. The predicted octanol–water partition coefficient (Wildman–Crippen LogP) is 6.67. The number of hydrogen-bond acceptors (Lipinski definition) is 4. The second-order valence-electron chi connectivity index (χ2n) is 11.5. The maximum absolute atomic E-state index is 13.7. The lowest BCUT2D eigenvalue weighted by atomic mass is 9.95. The van der Waals surface area contributed by atoms with Gasteiger partial charge in [-0.1, -0.05) is 75.1 Å². The Morgan fingerprint density at radius 1 is 0.805 bits per heavy atom. The molecule has 5 rings (SSSR count). The first-order chi connectivity index (χ1) is 20.1. The molecule has 41 heavy (non-hydrogen) atoms. The van der Waals surface area contributed by atoms with Gasteiger partial charge in [-0.15, -0.1) is 0 Å². The van der Waals surface area contributed by atoms with E-state index in [9.17, 15) is 9.59 Å². The molecule has 2 fully saturated rings. The van der Waals surface area contributed by atoms with E-state index in [1.54, 1.807) is 0 Å². The van der Waals surface area contributed by atoms with Crippen LogP contribution in [0.1, 0.15) is 83.7 Å². The molecule has 1 aliphatic heterocycles. The summed E-state index contributed by atoms with van der Waals surface area (Å²) in [6.45, 7) is 6.70. The van der Waals surface area contributed by atoms with E-state index in [-0.39, 0.29) is 17.9 Å². The topological polar surface area (TPSA) is 64.7 Å². The van der Waals surface area contributed by atoms with Crippen LogP contribution < -0.4 is 15.5 Å². The number of piperazine rings is 1. The lowest BCUT2D eigenvalue weighted by Gasteiger charge is -2.37. The molecule has 6 nitrogen and oxygen atoms in total. The smallest absolute Gasteiger partial charge is 0.255 e. The van der Waals surface area contributed by atoms with Gasteiger partial charge in [0.25, 0.3) is 11.8 Å². The molecule has 1 aliphatic carbocycles. The Kier molecular flexibility index (Phi) is 10.1. The molecule has 6 heteroatoms. The van der Waals surface area contributed by atoms with E-state index in [2.05, 4.69) is 57.7 Å². The number of aryl methyl sites for hydroxylation is 1. The monoisotopic (exact) mass is 552 g/mol. The average Bonchev–Trinajstić information content (AvgIpc) is 3.01. The van der Waals surface area contributed by atoms with Crippen molar-refractivity contribution in [3.63, 3.8) is 0 Å². The molecule has 3 aromatic rings. The SMILES string of the molecule is CCCCc1ccc(C(=O)Nc2ccc(N3CCN(Cc4ccccc4)CC3)c(C(=O)NC3CCCCC3)c2)cc1. The van der Waals surface area contributed by atoms with Crippen molar-refractivity contribution in [2.75, 3.05) is 36.4 Å². The third kappa shape index (κ3) is 7.98. The van der Waals surface area contributed by atoms with Gasteiger partial charge < -0.3 is 15.5 Å². The van der Waals surface area contributed by atoms with Crippen LogP contribution in [0.15, 0.2) is 72.8 Å². The molecule has 0 atom stereocenters. The third-order valence-corrected chi connectivity index (χ3v) is 8.44. The number of carbonyl (C=O) groups is 2. The molecule has 0 spiro atoms. The highest BCUT2D eigenvalue weighted by Gasteiger charge is 2.24. The number of nitrogens with zero attached hydrogens (tertiary/aromatic N) is 2. The Balaban J connectivity index is 1.29. The minimum absolute atomic E-state index is 0.0463. The highest BCUT2D eigenvalue weighted by Crippen LogP contribution is 2.28. The van der Waals surface area contributed by atoms with Crippen molar-refractivity contribution in [1.82, 2.24) is 10.2 Å². The van der Waals surface area contributed by atoms with E-state index >= 15 is 0 Å². The van der Waals surface area contributed by atoms with Gasteiger partial charge in [-0.2, -0.15) is 0 Å². The van der Waals surface area contributed by atoms with Crippen LogP contribution in [-0.2, 0) is 13.0 Å². The maximum atomic E-state index is 13.7. The highest BCUT2D eigenvalue weighted by molar-refractivity contribution is 6.06. The Bertz CT molecular complexity index is 1280. The molecule has 0 unspecified atom stereocenters. The van der Waals surface area contributed by atoms with Gasteiger partial charge in [0.15, 0.2) is 0 Å². The maximum Gasteiger partial charge on any atom is 0.255 e. The van der Waals surface area contributed by atoms with Crippen LogP contribution in [-0.4, -0.2) is 48.9 Å². The second-order valence-corrected chi connectivity index (χ2v) is 11.5. The fourth-order valence-corrected chi connectivity index (χ4v) is 5.98. The van der Waals surface area contributed by atoms with Crippen LogP contribution in [0.25, 0.3) is 0 Å². The number of benzene rings is 3. The van der Waals surface area contributed by atoms with Gasteiger partial charge in [-0.25, -0.2) is 0 Å². The summed E-state index contributed by atoms with van der Waals surface area (Å²) in [5.41, 5.74) is 5.42. The molecular formula is C35H44N4O2. The van der Waals surface area contributed by atoms with Crippen molar-refractivity contribution in [2.45, 2.75) is 70.9 Å². The summed E-state index contributed by atoms with van der Waals surface area (Å²) in [5, 5.41) is 6.34. The predicted molar refractivity (Wildman–Crippen MR) is 168 cm³/mol. The van der Waals surface area contributed by atoms with Gasteiger partial charge in [0.2, 0.25) is 0 Å². The molecule has 0 bridgehead atoms. The Morgan fingerprint density at radius 3 is 2.24 bits per heavy atom. The molecule has 0 radical (unpaired) electrons.